The Labute approximate surface area is 199 Å². The molecular formula is C23H31BBrClN4O. The van der Waals surface area contributed by atoms with Crippen molar-refractivity contribution in [2.75, 3.05) is 32.7 Å². The van der Waals surface area contributed by atoms with Crippen LogP contribution in [-0.2, 0) is 12.8 Å². The number of nitrogens with zero attached hydrogens (tertiary/aromatic N) is 3. The lowest BCUT2D eigenvalue weighted by molar-refractivity contribution is 0.101. The van der Waals surface area contributed by atoms with Gasteiger partial charge in [0.15, 0.2) is 0 Å². The summed E-state index contributed by atoms with van der Waals surface area (Å²) in [5.74, 6) is 0. The summed E-state index contributed by atoms with van der Waals surface area (Å²) in [6.45, 7) is 8.95. The number of fused-ring (bicyclic) bond motifs is 2. The van der Waals surface area contributed by atoms with E-state index in [4.69, 9.17) is 16.6 Å². The molecule has 166 valence electrons. The minimum atomic E-state index is -0.470. The first kappa shape index (κ1) is 23.2. The van der Waals surface area contributed by atoms with Crippen LogP contribution in [0.4, 0.5) is 0 Å². The number of piperazine rings is 1. The number of benzene rings is 1. The Hall–Kier alpha value is -0.955. The van der Waals surface area contributed by atoms with Gasteiger partial charge in [-0.25, -0.2) is 0 Å². The molecule has 1 fully saturated rings. The predicted molar refractivity (Wildman–Crippen MR) is 132 cm³/mol. The lowest BCUT2D eigenvalue weighted by Crippen LogP contribution is -2.53. The summed E-state index contributed by atoms with van der Waals surface area (Å²) in [4.78, 5) is 9.99. The molecule has 1 saturated heterocycles. The molecular weight excluding hydrogens is 474 g/mol. The number of hydrogen-bond acceptors (Lipinski definition) is 5. The lowest BCUT2D eigenvalue weighted by Gasteiger charge is -2.41. The van der Waals surface area contributed by atoms with Crippen molar-refractivity contribution in [1.82, 2.24) is 20.0 Å². The van der Waals surface area contributed by atoms with Crippen LogP contribution in [0.3, 0.4) is 0 Å². The molecule has 0 amide bonds. The molecule has 1 aliphatic heterocycles. The van der Waals surface area contributed by atoms with Gasteiger partial charge in [-0.15, -0.1) is 0 Å². The van der Waals surface area contributed by atoms with Crippen molar-refractivity contribution in [3.05, 3.63) is 62.3 Å². The Balaban J connectivity index is 1.55. The monoisotopic (exact) mass is 504 g/mol. The Kier molecular flexibility index (Phi) is 7.73. The van der Waals surface area contributed by atoms with Gasteiger partial charge in [-0.05, 0) is 76.9 Å². The first-order chi connectivity index (χ1) is 14.9. The number of pyridine rings is 1. The highest BCUT2D eigenvalue weighted by molar-refractivity contribution is 9.10. The number of halogens is 2. The maximum absolute atomic E-state index is 9.69. The minimum absolute atomic E-state index is 0.164. The third-order valence-corrected chi connectivity index (χ3v) is 7.18. The van der Waals surface area contributed by atoms with Crippen LogP contribution in [0.1, 0.15) is 41.8 Å². The van der Waals surface area contributed by atoms with Gasteiger partial charge in [-0.3, -0.25) is 14.8 Å². The Bertz CT molecular complexity index is 854. The molecule has 5 nitrogen and oxygen atoms in total. The topological polar surface area (TPSA) is 51.6 Å². The third kappa shape index (κ3) is 5.52. The van der Waals surface area contributed by atoms with E-state index in [1.807, 2.05) is 12.3 Å². The van der Waals surface area contributed by atoms with Crippen LogP contribution in [0.15, 0.2) is 34.9 Å². The van der Waals surface area contributed by atoms with Gasteiger partial charge in [0, 0.05) is 54.5 Å². The predicted octanol–water partition coefficient (Wildman–Crippen LogP) is 3.78. The molecule has 0 radical (unpaired) electrons. The van der Waals surface area contributed by atoms with Crippen LogP contribution < -0.4 is 5.23 Å². The number of rotatable bonds is 6. The van der Waals surface area contributed by atoms with Crippen LogP contribution in [0, 0.1) is 0 Å². The van der Waals surface area contributed by atoms with E-state index in [1.54, 1.807) is 6.82 Å². The Morgan fingerprint density at radius 3 is 2.68 bits per heavy atom. The van der Waals surface area contributed by atoms with Crippen LogP contribution in [0.25, 0.3) is 0 Å². The molecule has 1 aliphatic carbocycles. The van der Waals surface area contributed by atoms with E-state index in [9.17, 15) is 5.02 Å². The summed E-state index contributed by atoms with van der Waals surface area (Å²) in [7, 11) is -0.470. The second kappa shape index (κ2) is 10.3. The Morgan fingerprint density at radius 1 is 1.23 bits per heavy atom. The van der Waals surface area contributed by atoms with E-state index in [2.05, 4.69) is 56.1 Å². The summed E-state index contributed by atoms with van der Waals surface area (Å²) in [5.41, 5.74) is 5.18. The maximum Gasteiger partial charge on any atom is 0.373 e. The fraction of sp³-hybridized carbons (Fsp3) is 0.522. The van der Waals surface area contributed by atoms with Crippen LogP contribution in [-0.4, -0.2) is 65.6 Å². The SMILES string of the molecule is CCC(CN1CCN(C2c3ccc(Cl)cc3CCc3cc(Br)cnc32)CC1)NB(C)O. The van der Waals surface area contributed by atoms with Crippen molar-refractivity contribution in [1.29, 1.82) is 0 Å². The normalized spacial score (nSPS) is 20.6. The van der Waals surface area contributed by atoms with Crippen molar-refractivity contribution in [3.8, 4) is 0 Å². The molecule has 2 aromatic rings. The Morgan fingerprint density at radius 2 is 1.97 bits per heavy atom. The molecule has 4 rings (SSSR count). The zero-order valence-electron chi connectivity index (χ0n) is 18.3. The second-order valence-electron chi connectivity index (χ2n) is 8.73. The van der Waals surface area contributed by atoms with Crippen molar-refractivity contribution >= 4 is 34.6 Å². The maximum atomic E-state index is 9.69. The van der Waals surface area contributed by atoms with Crippen LogP contribution in [0.5, 0.6) is 0 Å². The lowest BCUT2D eigenvalue weighted by atomic mass is 9.86. The number of hydrogen-bond donors (Lipinski definition) is 2. The minimum Gasteiger partial charge on any atom is -0.437 e. The molecule has 0 bridgehead atoms. The summed E-state index contributed by atoms with van der Waals surface area (Å²) < 4.78 is 1.04. The van der Waals surface area contributed by atoms with Crippen molar-refractivity contribution in [2.45, 2.75) is 45.1 Å². The zero-order valence-corrected chi connectivity index (χ0v) is 20.7. The summed E-state index contributed by atoms with van der Waals surface area (Å²) in [6, 6.07) is 9.06. The standard InChI is InChI=1S/C23H31BBrClN4O/c1-3-20(28-24(2)31)15-29-8-10-30(11-9-29)23-21-7-6-19(26)13-16(21)4-5-17-12-18(25)14-27-22(17)23/h6-7,12-14,20,23,28,31H,3-5,8-11,15H2,1-2H3. The highest BCUT2D eigenvalue weighted by Crippen LogP contribution is 2.37. The number of nitrogens with one attached hydrogen (secondary N) is 1. The van der Waals surface area contributed by atoms with E-state index in [0.717, 1.165) is 61.5 Å². The van der Waals surface area contributed by atoms with E-state index < -0.39 is 7.05 Å². The smallest absolute Gasteiger partial charge is 0.373 e. The van der Waals surface area contributed by atoms with Crippen molar-refractivity contribution < 1.29 is 5.02 Å². The number of aromatic nitrogens is 1. The molecule has 2 aliphatic rings. The molecule has 2 N–H and O–H groups in total. The fourth-order valence-corrected chi connectivity index (χ4v) is 5.51. The average Bonchev–Trinajstić information content (AvgIpc) is 2.90. The summed E-state index contributed by atoms with van der Waals surface area (Å²) >= 11 is 9.96. The highest BCUT2D eigenvalue weighted by atomic mass is 79.9. The molecule has 1 aromatic heterocycles. The largest absolute Gasteiger partial charge is 0.437 e. The van der Waals surface area contributed by atoms with E-state index >= 15 is 0 Å². The van der Waals surface area contributed by atoms with Gasteiger partial charge in [-0.1, -0.05) is 24.6 Å². The summed E-state index contributed by atoms with van der Waals surface area (Å²) in [6.07, 6.45) is 4.90. The van der Waals surface area contributed by atoms with Gasteiger partial charge in [0.25, 0.3) is 0 Å². The molecule has 0 spiro atoms. The number of aryl methyl sites for hydroxylation is 2. The summed E-state index contributed by atoms with van der Waals surface area (Å²) in [5, 5.41) is 13.8. The van der Waals surface area contributed by atoms with Gasteiger partial charge >= 0.3 is 7.05 Å². The van der Waals surface area contributed by atoms with Crippen molar-refractivity contribution in [2.24, 2.45) is 0 Å². The van der Waals surface area contributed by atoms with Crippen LogP contribution >= 0.6 is 27.5 Å². The van der Waals surface area contributed by atoms with Gasteiger partial charge in [-0.2, -0.15) is 0 Å². The molecule has 0 saturated carbocycles. The molecule has 1 aromatic carbocycles. The fourth-order valence-electron chi connectivity index (χ4n) is 4.94. The van der Waals surface area contributed by atoms with Gasteiger partial charge in [0.2, 0.25) is 0 Å². The molecule has 31 heavy (non-hydrogen) atoms. The molecule has 2 atom stereocenters. The zero-order chi connectivity index (χ0) is 22.0. The van der Waals surface area contributed by atoms with Gasteiger partial charge < -0.3 is 10.3 Å². The average molecular weight is 506 g/mol. The molecule has 2 unspecified atom stereocenters. The van der Waals surface area contributed by atoms with Crippen LogP contribution in [0.2, 0.25) is 11.8 Å². The van der Waals surface area contributed by atoms with Gasteiger partial charge in [0.1, 0.15) is 0 Å². The van der Waals surface area contributed by atoms with E-state index in [1.165, 1.54) is 22.4 Å². The highest BCUT2D eigenvalue weighted by Gasteiger charge is 2.32. The first-order valence-electron chi connectivity index (χ1n) is 11.3. The quantitative estimate of drug-likeness (QED) is 0.586. The van der Waals surface area contributed by atoms with E-state index in [0.29, 0.717) is 6.04 Å². The molecule has 2 heterocycles. The van der Waals surface area contributed by atoms with E-state index in [-0.39, 0.29) is 6.04 Å². The third-order valence-electron chi connectivity index (χ3n) is 6.51. The van der Waals surface area contributed by atoms with Gasteiger partial charge in [0.05, 0.1) is 11.7 Å². The van der Waals surface area contributed by atoms with Crippen molar-refractivity contribution in [3.63, 3.8) is 0 Å². The molecule has 8 heteroatoms. The second-order valence-corrected chi connectivity index (χ2v) is 10.1. The first-order valence-corrected chi connectivity index (χ1v) is 12.4.